The number of hydrogen-bond donors (Lipinski definition) is 0. The normalized spacial score (nSPS) is 17.5. The molecule has 1 heterocycles. The molecule has 0 saturated heterocycles. The third-order valence-corrected chi connectivity index (χ3v) is 8.16. The Morgan fingerprint density at radius 2 is 1.68 bits per heavy atom. The number of carbonyl (C=O) groups is 1. The molecule has 3 rings (SSSR count). The number of unbranched alkanes of at least 4 members (excludes halogenated alkanes) is 8. The second kappa shape index (κ2) is 18.5. The topological polar surface area (TPSA) is 72.2 Å². The fourth-order valence-corrected chi connectivity index (χ4v) is 5.47. The first-order chi connectivity index (χ1) is 20.0. The molecule has 0 spiro atoms. The molecule has 0 bridgehead atoms. The number of nitrogens with zero attached hydrogens (tertiary/aromatic N) is 2. The van der Waals surface area contributed by atoms with Crippen molar-refractivity contribution in [1.29, 1.82) is 5.26 Å². The monoisotopic (exact) mass is 564 g/mol. The van der Waals surface area contributed by atoms with Crippen molar-refractivity contribution in [3.05, 3.63) is 47.7 Å². The van der Waals surface area contributed by atoms with Gasteiger partial charge in [-0.3, -0.25) is 4.98 Å². The number of carbonyl (C=O) groups excluding carboxylic acids is 1. The predicted molar refractivity (Wildman–Crippen MR) is 162 cm³/mol. The Labute approximate surface area is 246 Å². The summed E-state index contributed by atoms with van der Waals surface area (Å²) in [4.78, 5) is 16.6. The molecule has 2 aromatic rings. The van der Waals surface area contributed by atoms with E-state index in [0.717, 1.165) is 36.9 Å². The molecule has 5 nitrogen and oxygen atoms in total. The highest BCUT2D eigenvalue weighted by molar-refractivity contribution is 5.74. The number of aryl methyl sites for hydroxylation is 1. The van der Waals surface area contributed by atoms with E-state index in [1.807, 2.05) is 37.4 Å². The number of aromatic nitrogens is 1. The van der Waals surface area contributed by atoms with Crippen molar-refractivity contribution in [1.82, 2.24) is 4.98 Å². The molecule has 0 amide bonds. The standard InChI is InChI=1S/C35H49FN2O3/c1-3-5-7-8-9-10-11-12-13-27-17-21-33(38-25-27)29-18-22-34(30(23-29)24-37)40-26-28-15-19-31(20-16-28)41-35(39)32(36)14-6-4-2/h17-18,21-23,25,28,31-32H,3-16,19-20,26H2,1-2H3/t28-,31-,32-/m0/s1. The van der Waals surface area contributed by atoms with Crippen molar-refractivity contribution >= 4 is 5.97 Å². The van der Waals surface area contributed by atoms with Crippen LogP contribution in [0.15, 0.2) is 36.5 Å². The van der Waals surface area contributed by atoms with Crippen LogP contribution in [0.2, 0.25) is 0 Å². The van der Waals surface area contributed by atoms with Gasteiger partial charge in [-0.15, -0.1) is 0 Å². The zero-order valence-corrected chi connectivity index (χ0v) is 25.2. The summed E-state index contributed by atoms with van der Waals surface area (Å²) in [6, 6.07) is 12.1. The lowest BCUT2D eigenvalue weighted by Crippen LogP contribution is -2.30. The molecule has 41 heavy (non-hydrogen) atoms. The van der Waals surface area contributed by atoms with Gasteiger partial charge in [-0.25, -0.2) is 9.18 Å². The second-order valence-electron chi connectivity index (χ2n) is 11.6. The first-order valence-electron chi connectivity index (χ1n) is 16.0. The van der Waals surface area contributed by atoms with Crippen molar-refractivity contribution in [2.75, 3.05) is 6.61 Å². The summed E-state index contributed by atoms with van der Waals surface area (Å²) in [5.74, 6) is 0.171. The summed E-state index contributed by atoms with van der Waals surface area (Å²) in [6.45, 7) is 4.73. The van der Waals surface area contributed by atoms with Crippen molar-refractivity contribution in [2.45, 2.75) is 129 Å². The van der Waals surface area contributed by atoms with Crippen LogP contribution in [0.5, 0.6) is 5.75 Å². The Morgan fingerprint density at radius 3 is 2.34 bits per heavy atom. The third-order valence-electron chi connectivity index (χ3n) is 8.16. The van der Waals surface area contributed by atoms with Crippen LogP contribution in [0, 0.1) is 17.2 Å². The summed E-state index contributed by atoms with van der Waals surface area (Å²) in [6.07, 6.45) is 16.7. The van der Waals surface area contributed by atoms with Crippen molar-refractivity contribution in [3.63, 3.8) is 0 Å². The molecular weight excluding hydrogens is 515 g/mol. The van der Waals surface area contributed by atoms with Gasteiger partial charge in [-0.05, 0) is 80.7 Å². The average Bonchev–Trinajstić information content (AvgIpc) is 3.01. The third kappa shape index (κ3) is 11.5. The first-order valence-corrected chi connectivity index (χ1v) is 16.0. The van der Waals surface area contributed by atoms with E-state index in [0.29, 0.717) is 43.1 Å². The maximum atomic E-state index is 13.9. The molecule has 224 valence electrons. The van der Waals surface area contributed by atoms with E-state index in [1.54, 1.807) is 0 Å². The summed E-state index contributed by atoms with van der Waals surface area (Å²) in [5.41, 5.74) is 3.51. The van der Waals surface area contributed by atoms with E-state index in [9.17, 15) is 14.4 Å². The van der Waals surface area contributed by atoms with Gasteiger partial charge in [0.25, 0.3) is 0 Å². The second-order valence-corrected chi connectivity index (χ2v) is 11.6. The number of ether oxygens (including phenoxy) is 2. The smallest absolute Gasteiger partial charge is 0.340 e. The van der Waals surface area contributed by atoms with Crippen LogP contribution in [0.1, 0.15) is 121 Å². The maximum absolute atomic E-state index is 13.9. The Hall–Kier alpha value is -2.94. The highest BCUT2D eigenvalue weighted by Crippen LogP contribution is 2.30. The Bertz CT molecular complexity index is 1070. The van der Waals surface area contributed by atoms with Gasteiger partial charge in [0.15, 0.2) is 6.17 Å². The maximum Gasteiger partial charge on any atom is 0.340 e. The van der Waals surface area contributed by atoms with Crippen LogP contribution < -0.4 is 4.74 Å². The summed E-state index contributed by atoms with van der Waals surface area (Å²) in [5, 5.41) is 9.76. The number of alkyl halides is 1. The Balaban J connectivity index is 1.41. The number of pyridine rings is 1. The van der Waals surface area contributed by atoms with Gasteiger partial charge in [-0.1, -0.05) is 77.7 Å². The number of rotatable bonds is 18. The average molecular weight is 565 g/mol. The van der Waals surface area contributed by atoms with Crippen LogP contribution in [-0.4, -0.2) is 29.8 Å². The molecule has 1 fully saturated rings. The molecule has 1 atom stereocenters. The summed E-state index contributed by atoms with van der Waals surface area (Å²) < 4.78 is 25.4. The van der Waals surface area contributed by atoms with E-state index in [4.69, 9.17) is 9.47 Å². The van der Waals surface area contributed by atoms with E-state index in [1.165, 1.54) is 56.9 Å². The van der Waals surface area contributed by atoms with Crippen LogP contribution in [-0.2, 0) is 16.0 Å². The molecular formula is C35H49FN2O3. The highest BCUT2D eigenvalue weighted by atomic mass is 19.1. The first kappa shape index (κ1) is 32.6. The number of benzene rings is 1. The molecule has 0 aliphatic heterocycles. The number of halogens is 1. The van der Waals surface area contributed by atoms with Gasteiger partial charge >= 0.3 is 5.97 Å². The van der Waals surface area contributed by atoms with E-state index < -0.39 is 12.1 Å². The SMILES string of the molecule is CCCCCCCCCCc1ccc(-c2ccc(OC[C@H]3CC[C@H](OC(=O)[C@@H](F)CCCC)CC3)c(C#N)c2)nc1. The van der Waals surface area contributed by atoms with Gasteiger partial charge < -0.3 is 9.47 Å². The summed E-state index contributed by atoms with van der Waals surface area (Å²) >= 11 is 0. The van der Waals surface area contributed by atoms with Crippen LogP contribution in [0.3, 0.4) is 0 Å². The number of esters is 1. The van der Waals surface area contributed by atoms with E-state index in [2.05, 4.69) is 24.0 Å². The number of nitriles is 1. The van der Waals surface area contributed by atoms with Gasteiger partial charge in [0.1, 0.15) is 17.9 Å². The minimum Gasteiger partial charge on any atom is -0.492 e. The zero-order chi connectivity index (χ0) is 29.3. The number of hydrogen-bond acceptors (Lipinski definition) is 5. The molecule has 1 aliphatic carbocycles. The van der Waals surface area contributed by atoms with Gasteiger partial charge in [0.2, 0.25) is 0 Å². The van der Waals surface area contributed by atoms with Crippen LogP contribution >= 0.6 is 0 Å². The quantitative estimate of drug-likeness (QED) is 0.133. The Morgan fingerprint density at radius 1 is 0.976 bits per heavy atom. The van der Waals surface area contributed by atoms with Crippen molar-refractivity contribution in [2.24, 2.45) is 5.92 Å². The molecule has 1 aliphatic rings. The minimum absolute atomic E-state index is 0.216. The largest absolute Gasteiger partial charge is 0.492 e. The van der Waals surface area contributed by atoms with Gasteiger partial charge in [0, 0.05) is 11.8 Å². The summed E-state index contributed by atoms with van der Waals surface area (Å²) in [7, 11) is 0. The molecule has 0 unspecified atom stereocenters. The fraction of sp³-hybridized carbons (Fsp3) is 0.629. The predicted octanol–water partition coefficient (Wildman–Crippen LogP) is 9.31. The van der Waals surface area contributed by atoms with Crippen molar-refractivity contribution < 1.29 is 18.7 Å². The van der Waals surface area contributed by atoms with Gasteiger partial charge in [0.05, 0.1) is 17.9 Å². The molecule has 0 N–H and O–H groups in total. The molecule has 1 saturated carbocycles. The van der Waals surface area contributed by atoms with E-state index in [-0.39, 0.29) is 12.5 Å². The fourth-order valence-electron chi connectivity index (χ4n) is 5.47. The lowest BCUT2D eigenvalue weighted by molar-refractivity contribution is -0.157. The van der Waals surface area contributed by atoms with Gasteiger partial charge in [-0.2, -0.15) is 5.26 Å². The lowest BCUT2D eigenvalue weighted by Gasteiger charge is -2.28. The molecule has 1 aromatic carbocycles. The Kier molecular flexibility index (Phi) is 14.7. The highest BCUT2D eigenvalue weighted by Gasteiger charge is 2.27. The zero-order valence-electron chi connectivity index (χ0n) is 25.2. The van der Waals surface area contributed by atoms with Crippen LogP contribution in [0.4, 0.5) is 4.39 Å². The molecule has 1 aromatic heterocycles. The van der Waals surface area contributed by atoms with Crippen LogP contribution in [0.25, 0.3) is 11.3 Å². The van der Waals surface area contributed by atoms with E-state index >= 15 is 0 Å². The molecule has 0 radical (unpaired) electrons. The van der Waals surface area contributed by atoms with Crippen molar-refractivity contribution in [3.8, 4) is 23.1 Å². The lowest BCUT2D eigenvalue weighted by atomic mass is 9.88. The minimum atomic E-state index is -1.52. The molecule has 6 heteroatoms.